The first-order valence-corrected chi connectivity index (χ1v) is 5.53. The molecule has 17 heavy (non-hydrogen) atoms. The molecule has 0 bridgehead atoms. The highest BCUT2D eigenvalue weighted by Gasteiger charge is 2.47. The van der Waals surface area contributed by atoms with Crippen LogP contribution in [0.4, 0.5) is 5.69 Å². The van der Waals surface area contributed by atoms with Crippen LogP contribution < -0.4 is 0 Å². The lowest BCUT2D eigenvalue weighted by Gasteiger charge is -2.27. The van der Waals surface area contributed by atoms with Gasteiger partial charge in [-0.3, -0.25) is 9.79 Å². The topological polar surface area (TPSA) is 47.9 Å². The maximum atomic E-state index is 12.4. The third-order valence-electron chi connectivity index (χ3n) is 3.30. The van der Waals surface area contributed by atoms with E-state index in [0.29, 0.717) is 18.8 Å². The Morgan fingerprint density at radius 1 is 1.24 bits per heavy atom. The van der Waals surface area contributed by atoms with Crippen LogP contribution in [0, 0.1) is 0 Å². The van der Waals surface area contributed by atoms with E-state index in [1.807, 2.05) is 12.1 Å². The molecular weight excluding hydrogens is 218 g/mol. The van der Waals surface area contributed by atoms with Crippen LogP contribution in [-0.2, 0) is 9.47 Å². The maximum absolute atomic E-state index is 12.4. The van der Waals surface area contributed by atoms with Gasteiger partial charge in [-0.1, -0.05) is 12.1 Å². The van der Waals surface area contributed by atoms with Gasteiger partial charge in [0.2, 0.25) is 5.78 Å². The number of rotatable bonds is 0. The van der Waals surface area contributed by atoms with E-state index >= 15 is 0 Å². The van der Waals surface area contributed by atoms with Crippen LogP contribution in [0.5, 0.6) is 0 Å². The first kappa shape index (κ1) is 9.27. The lowest BCUT2D eigenvalue weighted by Crippen LogP contribution is -2.40. The fraction of sp³-hybridized carbons (Fsp3) is 0.231. The molecule has 0 atom stereocenters. The predicted molar refractivity (Wildman–Crippen MR) is 61.5 cm³/mol. The molecule has 0 aromatic heterocycles. The lowest BCUT2D eigenvalue weighted by molar-refractivity contribution is -0.0824. The molecule has 1 spiro atoms. The molecular formula is C13H9NO3. The third-order valence-corrected chi connectivity index (χ3v) is 3.30. The van der Waals surface area contributed by atoms with Crippen molar-refractivity contribution in [1.82, 2.24) is 0 Å². The summed E-state index contributed by atoms with van der Waals surface area (Å²) < 4.78 is 11.0. The molecule has 0 unspecified atom stereocenters. The van der Waals surface area contributed by atoms with Gasteiger partial charge < -0.3 is 9.47 Å². The molecule has 0 saturated carbocycles. The molecule has 4 nitrogen and oxygen atoms in total. The van der Waals surface area contributed by atoms with Crippen molar-refractivity contribution >= 4 is 23.3 Å². The largest absolute Gasteiger partial charge is 0.338 e. The Labute approximate surface area is 97.6 Å². The summed E-state index contributed by atoms with van der Waals surface area (Å²) in [5.41, 5.74) is 3.30. The molecule has 4 heteroatoms. The molecule has 0 radical (unpaired) electrons. The van der Waals surface area contributed by atoms with Gasteiger partial charge in [0.25, 0.3) is 5.79 Å². The first-order valence-electron chi connectivity index (χ1n) is 5.53. The summed E-state index contributed by atoms with van der Waals surface area (Å²) >= 11 is 0. The summed E-state index contributed by atoms with van der Waals surface area (Å²) in [4.78, 5) is 16.7. The number of ketones is 1. The van der Waals surface area contributed by atoms with Crippen molar-refractivity contribution in [2.45, 2.75) is 5.79 Å². The number of hydrogen-bond donors (Lipinski definition) is 0. The zero-order valence-electron chi connectivity index (χ0n) is 8.97. The second-order valence-corrected chi connectivity index (χ2v) is 4.25. The quantitative estimate of drug-likeness (QED) is 0.678. The normalized spacial score (nSPS) is 23.1. The van der Waals surface area contributed by atoms with Gasteiger partial charge in [0.05, 0.1) is 18.9 Å². The van der Waals surface area contributed by atoms with Gasteiger partial charge in [-0.25, -0.2) is 0 Å². The number of Topliss-reactive ketones (excluding diaryl/α,β-unsaturated/α-hetero) is 1. The molecule has 2 heterocycles. The minimum atomic E-state index is -1.21. The Morgan fingerprint density at radius 2 is 2.06 bits per heavy atom. The molecule has 0 N–H and O–H groups in total. The minimum absolute atomic E-state index is 0.124. The molecule has 2 aliphatic heterocycles. The number of hydrogen-bond acceptors (Lipinski definition) is 4. The van der Waals surface area contributed by atoms with Crippen LogP contribution in [-0.4, -0.2) is 31.0 Å². The van der Waals surface area contributed by atoms with Crippen molar-refractivity contribution in [2.24, 2.45) is 4.99 Å². The van der Waals surface area contributed by atoms with E-state index in [9.17, 15) is 4.79 Å². The van der Waals surface area contributed by atoms with Crippen molar-refractivity contribution in [1.29, 1.82) is 0 Å². The van der Waals surface area contributed by atoms with E-state index < -0.39 is 5.79 Å². The van der Waals surface area contributed by atoms with Crippen LogP contribution in [0.15, 0.2) is 29.3 Å². The summed E-state index contributed by atoms with van der Waals surface area (Å²) in [5, 5.41) is 0. The lowest BCUT2D eigenvalue weighted by atomic mass is 9.87. The molecule has 0 amide bonds. The molecule has 1 fully saturated rings. The Hall–Kier alpha value is -1.78. The number of carbonyl (C=O) groups is 1. The van der Waals surface area contributed by atoms with Crippen LogP contribution in [0.25, 0.3) is 5.57 Å². The third kappa shape index (κ3) is 1.04. The fourth-order valence-corrected chi connectivity index (χ4v) is 2.55. The first-order chi connectivity index (χ1) is 8.30. The van der Waals surface area contributed by atoms with Gasteiger partial charge in [0.15, 0.2) is 0 Å². The average molecular weight is 227 g/mol. The van der Waals surface area contributed by atoms with E-state index in [0.717, 1.165) is 16.8 Å². The minimum Gasteiger partial charge on any atom is -0.338 e. The van der Waals surface area contributed by atoms with Gasteiger partial charge in [0.1, 0.15) is 0 Å². The van der Waals surface area contributed by atoms with Gasteiger partial charge in [-0.05, 0) is 12.1 Å². The zero-order chi connectivity index (χ0) is 11.5. The molecule has 1 aliphatic carbocycles. The second kappa shape index (κ2) is 2.91. The summed E-state index contributed by atoms with van der Waals surface area (Å²) in [6.07, 6.45) is 3.50. The molecule has 3 aliphatic rings. The molecule has 1 aromatic carbocycles. The maximum Gasteiger partial charge on any atom is 0.255 e. The van der Waals surface area contributed by atoms with E-state index in [-0.39, 0.29) is 5.78 Å². The fourth-order valence-electron chi connectivity index (χ4n) is 2.55. The Balaban J connectivity index is 2.01. The predicted octanol–water partition coefficient (Wildman–Crippen LogP) is 1.73. The highest BCUT2D eigenvalue weighted by Crippen LogP contribution is 2.42. The Kier molecular flexibility index (Phi) is 1.59. The number of aliphatic imine (C=N–C) groups is 1. The highest BCUT2D eigenvalue weighted by atomic mass is 16.7. The molecule has 1 saturated heterocycles. The van der Waals surface area contributed by atoms with Gasteiger partial charge in [0, 0.05) is 22.9 Å². The van der Waals surface area contributed by atoms with Crippen LogP contribution >= 0.6 is 0 Å². The SMILES string of the molecule is O=C1c2cccc3c2C(=CC12OCCO2)C=N3. The standard InChI is InChI=1S/C13H9NO3/c15-12-9-2-1-3-10-11(9)8(7-14-10)6-13(12)16-4-5-17-13/h1-3,6-7H,4-5H2. The number of allylic oxidation sites excluding steroid dienone is 1. The van der Waals surface area contributed by atoms with E-state index in [2.05, 4.69) is 4.99 Å². The number of ether oxygens (including phenoxy) is 2. The van der Waals surface area contributed by atoms with Crippen LogP contribution in [0.3, 0.4) is 0 Å². The Morgan fingerprint density at radius 3 is 2.88 bits per heavy atom. The second-order valence-electron chi connectivity index (χ2n) is 4.25. The molecule has 84 valence electrons. The van der Waals surface area contributed by atoms with Crippen LogP contribution in [0.1, 0.15) is 15.9 Å². The van der Waals surface area contributed by atoms with Crippen molar-refractivity contribution in [3.8, 4) is 0 Å². The molecule has 4 rings (SSSR count). The zero-order valence-corrected chi connectivity index (χ0v) is 8.97. The van der Waals surface area contributed by atoms with Crippen molar-refractivity contribution in [3.63, 3.8) is 0 Å². The number of nitrogens with zero attached hydrogens (tertiary/aromatic N) is 1. The van der Waals surface area contributed by atoms with Crippen LogP contribution in [0.2, 0.25) is 0 Å². The van der Waals surface area contributed by atoms with E-state index in [1.165, 1.54) is 0 Å². The van der Waals surface area contributed by atoms with E-state index in [4.69, 9.17) is 9.47 Å². The van der Waals surface area contributed by atoms with Gasteiger partial charge in [-0.15, -0.1) is 0 Å². The van der Waals surface area contributed by atoms with Crippen molar-refractivity contribution < 1.29 is 14.3 Å². The van der Waals surface area contributed by atoms with Gasteiger partial charge >= 0.3 is 0 Å². The van der Waals surface area contributed by atoms with Crippen molar-refractivity contribution in [3.05, 3.63) is 35.4 Å². The van der Waals surface area contributed by atoms with E-state index in [1.54, 1.807) is 18.4 Å². The molecule has 1 aromatic rings. The average Bonchev–Trinajstić information content (AvgIpc) is 2.96. The number of carbonyl (C=O) groups excluding carboxylic acids is 1. The summed E-state index contributed by atoms with van der Waals surface area (Å²) in [7, 11) is 0. The van der Waals surface area contributed by atoms with Gasteiger partial charge in [-0.2, -0.15) is 0 Å². The summed E-state index contributed by atoms with van der Waals surface area (Å²) in [5.74, 6) is -1.33. The summed E-state index contributed by atoms with van der Waals surface area (Å²) in [6.45, 7) is 0.892. The Bertz CT molecular complexity index is 595. The highest BCUT2D eigenvalue weighted by molar-refractivity contribution is 6.25. The monoisotopic (exact) mass is 227 g/mol. The number of benzene rings is 1. The van der Waals surface area contributed by atoms with Crippen molar-refractivity contribution in [2.75, 3.05) is 13.2 Å². The smallest absolute Gasteiger partial charge is 0.255 e. The summed E-state index contributed by atoms with van der Waals surface area (Å²) in [6, 6.07) is 5.54.